The number of thiophene rings is 1. The first-order valence-corrected chi connectivity index (χ1v) is 7.79. The summed E-state index contributed by atoms with van der Waals surface area (Å²) < 4.78 is 9.97. The number of nitrogens with one attached hydrogen (secondary N) is 1. The molecule has 5 nitrogen and oxygen atoms in total. The molecule has 1 N–H and O–H groups in total. The Morgan fingerprint density at radius 2 is 2.13 bits per heavy atom. The molecule has 0 aliphatic rings. The maximum Gasteiger partial charge on any atom is 0.331 e. The van der Waals surface area contributed by atoms with Gasteiger partial charge in [0, 0.05) is 22.7 Å². The van der Waals surface area contributed by atoms with Gasteiger partial charge >= 0.3 is 5.97 Å². The van der Waals surface area contributed by atoms with Crippen molar-refractivity contribution in [3.63, 3.8) is 0 Å². The maximum atomic E-state index is 11.8. The summed E-state index contributed by atoms with van der Waals surface area (Å²) in [6.45, 7) is 1.62. The summed E-state index contributed by atoms with van der Waals surface area (Å²) in [5.41, 5.74) is 1.67. The van der Waals surface area contributed by atoms with Crippen molar-refractivity contribution < 1.29 is 19.1 Å². The predicted octanol–water partition coefficient (Wildman–Crippen LogP) is 3.26. The molecule has 0 saturated heterocycles. The standard InChI is InChI=1S/C17H17NO4S/c1-12-8-9-23-15(12)6-7-17(20)22-11-16(19)18-13-4-3-5-14(10-13)21-2/h3-10H,11H2,1-2H3,(H,18,19)/b7-6+. The zero-order chi connectivity index (χ0) is 16.7. The first kappa shape index (κ1) is 16.8. The van der Waals surface area contributed by atoms with Crippen LogP contribution in [0.25, 0.3) is 6.08 Å². The van der Waals surface area contributed by atoms with E-state index in [9.17, 15) is 9.59 Å². The van der Waals surface area contributed by atoms with Crippen LogP contribution in [0, 0.1) is 6.92 Å². The van der Waals surface area contributed by atoms with Crippen molar-refractivity contribution in [1.82, 2.24) is 0 Å². The summed E-state index contributed by atoms with van der Waals surface area (Å²) in [6.07, 6.45) is 3.00. The van der Waals surface area contributed by atoms with Crippen molar-refractivity contribution in [2.24, 2.45) is 0 Å². The van der Waals surface area contributed by atoms with Crippen molar-refractivity contribution in [2.45, 2.75) is 6.92 Å². The first-order chi connectivity index (χ1) is 11.1. The number of hydrogen-bond donors (Lipinski definition) is 1. The summed E-state index contributed by atoms with van der Waals surface area (Å²) in [5, 5.41) is 4.58. The predicted molar refractivity (Wildman–Crippen MR) is 90.7 cm³/mol. The fourth-order valence-electron chi connectivity index (χ4n) is 1.78. The topological polar surface area (TPSA) is 64.6 Å². The van der Waals surface area contributed by atoms with Gasteiger partial charge < -0.3 is 14.8 Å². The number of methoxy groups -OCH3 is 1. The number of hydrogen-bond acceptors (Lipinski definition) is 5. The van der Waals surface area contributed by atoms with Crippen LogP contribution >= 0.6 is 11.3 Å². The van der Waals surface area contributed by atoms with E-state index in [1.165, 1.54) is 17.4 Å². The Balaban J connectivity index is 1.80. The summed E-state index contributed by atoms with van der Waals surface area (Å²) >= 11 is 1.54. The van der Waals surface area contributed by atoms with Crippen LogP contribution < -0.4 is 10.1 Å². The number of aryl methyl sites for hydroxylation is 1. The zero-order valence-corrected chi connectivity index (χ0v) is 13.7. The van der Waals surface area contributed by atoms with Gasteiger partial charge in [0.1, 0.15) is 5.75 Å². The van der Waals surface area contributed by atoms with E-state index in [2.05, 4.69) is 5.32 Å². The van der Waals surface area contributed by atoms with Gasteiger partial charge in [-0.05, 0) is 42.1 Å². The van der Waals surface area contributed by atoms with Gasteiger partial charge in [0.25, 0.3) is 5.91 Å². The van der Waals surface area contributed by atoms with Crippen molar-refractivity contribution in [2.75, 3.05) is 19.0 Å². The molecule has 0 aliphatic carbocycles. The zero-order valence-electron chi connectivity index (χ0n) is 12.9. The first-order valence-electron chi connectivity index (χ1n) is 6.91. The van der Waals surface area contributed by atoms with E-state index < -0.39 is 11.9 Å². The lowest BCUT2D eigenvalue weighted by Gasteiger charge is -2.07. The Kier molecular flexibility index (Phi) is 5.94. The lowest BCUT2D eigenvalue weighted by molar-refractivity contribution is -0.142. The molecule has 1 aromatic carbocycles. The molecule has 1 heterocycles. The average Bonchev–Trinajstić information content (AvgIpc) is 2.96. The number of rotatable bonds is 6. The Labute approximate surface area is 138 Å². The molecule has 0 aliphatic heterocycles. The highest BCUT2D eigenvalue weighted by molar-refractivity contribution is 7.11. The highest BCUT2D eigenvalue weighted by atomic mass is 32.1. The molecule has 0 unspecified atom stereocenters. The van der Waals surface area contributed by atoms with Crippen LogP contribution in [0.3, 0.4) is 0 Å². The Morgan fingerprint density at radius 3 is 2.83 bits per heavy atom. The van der Waals surface area contributed by atoms with Crippen molar-refractivity contribution in [1.29, 1.82) is 0 Å². The third-order valence-electron chi connectivity index (χ3n) is 2.97. The van der Waals surface area contributed by atoms with Crippen LogP contribution in [0.2, 0.25) is 0 Å². The van der Waals surface area contributed by atoms with Crippen LogP contribution in [0.15, 0.2) is 41.8 Å². The van der Waals surface area contributed by atoms with Gasteiger partial charge in [0.2, 0.25) is 0 Å². The van der Waals surface area contributed by atoms with Crippen LogP contribution in [0.5, 0.6) is 5.75 Å². The SMILES string of the molecule is COc1cccc(NC(=O)COC(=O)/C=C/c2sccc2C)c1. The summed E-state index contributed by atoms with van der Waals surface area (Å²) in [4.78, 5) is 24.3. The van der Waals surface area contributed by atoms with Crippen LogP contribution in [-0.2, 0) is 14.3 Å². The Hall–Kier alpha value is -2.60. The van der Waals surface area contributed by atoms with Crippen molar-refractivity contribution >= 4 is 35.0 Å². The second-order valence-electron chi connectivity index (χ2n) is 4.69. The number of carbonyl (C=O) groups excluding carboxylic acids is 2. The summed E-state index contributed by atoms with van der Waals surface area (Å²) in [7, 11) is 1.55. The lowest BCUT2D eigenvalue weighted by Crippen LogP contribution is -2.20. The van der Waals surface area contributed by atoms with Gasteiger partial charge in [0.05, 0.1) is 7.11 Å². The minimum Gasteiger partial charge on any atom is -0.497 e. The van der Waals surface area contributed by atoms with E-state index in [0.717, 1.165) is 10.4 Å². The molecular weight excluding hydrogens is 314 g/mol. The minimum atomic E-state index is -0.557. The summed E-state index contributed by atoms with van der Waals surface area (Å²) in [6, 6.07) is 8.90. The highest BCUT2D eigenvalue weighted by Gasteiger charge is 2.06. The molecule has 1 amide bonds. The smallest absolute Gasteiger partial charge is 0.331 e. The largest absolute Gasteiger partial charge is 0.497 e. The molecule has 2 aromatic rings. The molecule has 1 aromatic heterocycles. The number of ether oxygens (including phenoxy) is 2. The molecule has 0 fully saturated rings. The second-order valence-corrected chi connectivity index (χ2v) is 5.64. The van der Waals surface area contributed by atoms with Crippen LogP contribution in [0.4, 0.5) is 5.69 Å². The Morgan fingerprint density at radius 1 is 1.30 bits per heavy atom. The van der Waals surface area contributed by atoms with Gasteiger partial charge in [-0.15, -0.1) is 11.3 Å². The van der Waals surface area contributed by atoms with Gasteiger partial charge in [-0.3, -0.25) is 4.79 Å². The second kappa shape index (κ2) is 8.14. The van der Waals surface area contributed by atoms with E-state index in [-0.39, 0.29) is 6.61 Å². The number of amides is 1. The van der Waals surface area contributed by atoms with Gasteiger partial charge in [-0.1, -0.05) is 6.07 Å². The molecule has 0 bridgehead atoms. The number of anilines is 1. The minimum absolute atomic E-state index is 0.343. The van der Waals surface area contributed by atoms with Gasteiger partial charge in [-0.2, -0.15) is 0 Å². The molecule has 6 heteroatoms. The number of esters is 1. The van der Waals surface area contributed by atoms with Gasteiger partial charge in [-0.25, -0.2) is 4.79 Å². The monoisotopic (exact) mass is 331 g/mol. The third-order valence-corrected chi connectivity index (χ3v) is 3.96. The number of benzene rings is 1. The molecule has 120 valence electrons. The van der Waals surface area contributed by atoms with E-state index in [4.69, 9.17) is 9.47 Å². The average molecular weight is 331 g/mol. The van der Waals surface area contributed by atoms with Crippen molar-refractivity contribution in [3.8, 4) is 5.75 Å². The molecule has 0 radical (unpaired) electrons. The van der Waals surface area contributed by atoms with Crippen LogP contribution in [0.1, 0.15) is 10.4 Å². The quantitative estimate of drug-likeness (QED) is 0.652. The molecule has 0 saturated carbocycles. The van der Waals surface area contributed by atoms with E-state index >= 15 is 0 Å². The normalized spacial score (nSPS) is 10.5. The molecule has 0 spiro atoms. The Bertz CT molecular complexity index is 721. The molecular formula is C17H17NO4S. The highest BCUT2D eigenvalue weighted by Crippen LogP contribution is 2.17. The fraction of sp³-hybridized carbons (Fsp3) is 0.176. The van der Waals surface area contributed by atoms with E-state index in [0.29, 0.717) is 11.4 Å². The van der Waals surface area contributed by atoms with Gasteiger partial charge in [0.15, 0.2) is 6.61 Å². The maximum absolute atomic E-state index is 11.8. The summed E-state index contributed by atoms with van der Waals surface area (Å²) in [5.74, 6) is -0.333. The van der Waals surface area contributed by atoms with Crippen LogP contribution in [-0.4, -0.2) is 25.6 Å². The molecule has 23 heavy (non-hydrogen) atoms. The number of carbonyl (C=O) groups is 2. The molecule has 0 atom stereocenters. The third kappa shape index (κ3) is 5.27. The molecule has 2 rings (SSSR count). The van der Waals surface area contributed by atoms with Crippen molar-refractivity contribution in [3.05, 3.63) is 52.2 Å². The van der Waals surface area contributed by atoms with E-state index in [1.807, 2.05) is 18.4 Å². The lowest BCUT2D eigenvalue weighted by atomic mass is 10.3. The fourth-order valence-corrected chi connectivity index (χ4v) is 2.60. The van der Waals surface area contributed by atoms with E-state index in [1.54, 1.807) is 37.5 Å².